The summed E-state index contributed by atoms with van der Waals surface area (Å²) in [6.45, 7) is 0.329. The third-order valence-electron chi connectivity index (χ3n) is 2.36. The molecular weight excluding hydrogens is 216 g/mol. The Morgan fingerprint density at radius 3 is 2.75 bits per heavy atom. The van der Waals surface area contributed by atoms with Crippen molar-refractivity contribution >= 4 is 11.7 Å². The number of benzene rings is 1. The van der Waals surface area contributed by atoms with Crippen LogP contribution in [0.25, 0.3) is 0 Å². The molecule has 0 fully saturated rings. The molecule has 0 radical (unpaired) electrons. The van der Waals surface area contributed by atoms with Gasteiger partial charge < -0.3 is 16.2 Å². The zero-order valence-corrected chi connectivity index (χ0v) is 8.41. The van der Waals surface area contributed by atoms with E-state index in [2.05, 4.69) is 4.99 Å². The van der Waals surface area contributed by atoms with Crippen LogP contribution in [0, 0.1) is 11.6 Å². The molecule has 1 aromatic rings. The van der Waals surface area contributed by atoms with Crippen molar-refractivity contribution in [2.24, 2.45) is 10.7 Å². The maximum Gasteiger partial charge on any atom is 0.282 e. The number of aliphatic imine (C=N–C) groups is 1. The highest BCUT2D eigenvalue weighted by atomic mass is 19.2. The number of ether oxygens (including phenoxy) is 1. The number of halogens is 2. The molecule has 0 saturated heterocycles. The topological polar surface area (TPSA) is 73.6 Å². The highest BCUT2D eigenvalue weighted by Crippen LogP contribution is 2.29. The Bertz CT molecular complexity index is 448. The molecule has 1 aliphatic heterocycles. The lowest BCUT2D eigenvalue weighted by molar-refractivity contribution is 0.254. The zero-order valence-electron chi connectivity index (χ0n) is 8.41. The second-order valence-electron chi connectivity index (χ2n) is 3.53. The predicted molar refractivity (Wildman–Crippen MR) is 55.7 cm³/mol. The number of amidine groups is 1. The van der Waals surface area contributed by atoms with Crippen LogP contribution in [0.3, 0.4) is 0 Å². The summed E-state index contributed by atoms with van der Waals surface area (Å²) in [7, 11) is 0. The van der Waals surface area contributed by atoms with Crippen LogP contribution in [-0.4, -0.2) is 12.6 Å². The fourth-order valence-electron chi connectivity index (χ4n) is 1.63. The van der Waals surface area contributed by atoms with Crippen molar-refractivity contribution in [1.29, 1.82) is 0 Å². The van der Waals surface area contributed by atoms with Crippen LogP contribution in [0.1, 0.15) is 18.0 Å². The van der Waals surface area contributed by atoms with Gasteiger partial charge in [0.25, 0.3) is 6.02 Å². The van der Waals surface area contributed by atoms with E-state index in [0.717, 1.165) is 6.07 Å². The van der Waals surface area contributed by atoms with Gasteiger partial charge in [-0.15, -0.1) is 0 Å². The molecule has 4 nitrogen and oxygen atoms in total. The zero-order chi connectivity index (χ0) is 11.7. The standard InChI is InChI=1S/C10H11F2N3O/c11-7-4-5(13)3-6(9(7)12)8-1-2-16-10(14)15-8/h3-4,8H,1-2,13H2,(H2,14,15). The van der Waals surface area contributed by atoms with Crippen LogP contribution in [0.2, 0.25) is 0 Å². The van der Waals surface area contributed by atoms with Crippen molar-refractivity contribution in [3.8, 4) is 0 Å². The van der Waals surface area contributed by atoms with E-state index in [1.54, 1.807) is 0 Å². The first-order valence-corrected chi connectivity index (χ1v) is 4.78. The number of nitrogens with two attached hydrogens (primary N) is 2. The maximum atomic E-state index is 13.5. The first kappa shape index (κ1) is 10.7. The van der Waals surface area contributed by atoms with Crippen LogP contribution < -0.4 is 11.5 Å². The first-order chi connectivity index (χ1) is 7.58. The molecule has 1 aromatic carbocycles. The fraction of sp³-hybridized carbons (Fsp3) is 0.300. The van der Waals surface area contributed by atoms with Gasteiger partial charge in [0.05, 0.1) is 12.6 Å². The van der Waals surface area contributed by atoms with E-state index in [4.69, 9.17) is 16.2 Å². The summed E-state index contributed by atoms with van der Waals surface area (Å²) in [5.41, 5.74) is 11.1. The lowest BCUT2D eigenvalue weighted by Gasteiger charge is -2.20. The molecule has 0 bridgehead atoms. The molecule has 86 valence electrons. The van der Waals surface area contributed by atoms with Crippen LogP contribution in [0.5, 0.6) is 0 Å². The van der Waals surface area contributed by atoms with Gasteiger partial charge in [0, 0.05) is 17.7 Å². The van der Waals surface area contributed by atoms with Gasteiger partial charge in [-0.05, 0) is 12.1 Å². The smallest absolute Gasteiger partial charge is 0.282 e. The van der Waals surface area contributed by atoms with E-state index < -0.39 is 17.7 Å². The van der Waals surface area contributed by atoms with Crippen molar-refractivity contribution < 1.29 is 13.5 Å². The molecule has 1 aliphatic rings. The third-order valence-corrected chi connectivity index (χ3v) is 2.36. The molecule has 2 rings (SSSR count). The molecule has 0 aliphatic carbocycles. The Kier molecular flexibility index (Phi) is 2.64. The second kappa shape index (κ2) is 3.96. The number of nitrogen functional groups attached to an aromatic ring is 1. The third kappa shape index (κ3) is 1.91. The van der Waals surface area contributed by atoms with Gasteiger partial charge in [-0.3, -0.25) is 0 Å². The minimum Gasteiger partial charge on any atom is -0.465 e. The molecular formula is C10H11F2N3O. The van der Waals surface area contributed by atoms with Gasteiger partial charge >= 0.3 is 0 Å². The summed E-state index contributed by atoms with van der Waals surface area (Å²) in [6, 6.07) is 1.75. The van der Waals surface area contributed by atoms with Gasteiger partial charge in [-0.2, -0.15) is 0 Å². The number of hydrogen-bond donors (Lipinski definition) is 2. The normalized spacial score (nSPS) is 20.1. The minimum atomic E-state index is -0.977. The molecule has 0 spiro atoms. The van der Waals surface area contributed by atoms with E-state index >= 15 is 0 Å². The molecule has 1 unspecified atom stereocenters. The average molecular weight is 227 g/mol. The van der Waals surface area contributed by atoms with Crippen molar-refractivity contribution in [2.45, 2.75) is 12.5 Å². The van der Waals surface area contributed by atoms with E-state index in [9.17, 15) is 8.78 Å². The highest BCUT2D eigenvalue weighted by molar-refractivity contribution is 5.72. The van der Waals surface area contributed by atoms with Crippen molar-refractivity contribution in [3.63, 3.8) is 0 Å². The number of hydrogen-bond acceptors (Lipinski definition) is 4. The van der Waals surface area contributed by atoms with Crippen molar-refractivity contribution in [2.75, 3.05) is 12.3 Å². The van der Waals surface area contributed by atoms with Crippen LogP contribution in [0.4, 0.5) is 14.5 Å². The molecule has 0 aromatic heterocycles. The number of nitrogens with zero attached hydrogens (tertiary/aromatic N) is 1. The summed E-state index contributed by atoms with van der Waals surface area (Å²) in [5, 5.41) is 0. The number of rotatable bonds is 1. The minimum absolute atomic E-state index is 0.0153. The molecule has 6 heteroatoms. The fourth-order valence-corrected chi connectivity index (χ4v) is 1.63. The predicted octanol–water partition coefficient (Wildman–Crippen LogP) is 1.32. The van der Waals surface area contributed by atoms with E-state index in [0.29, 0.717) is 13.0 Å². The van der Waals surface area contributed by atoms with E-state index in [1.165, 1.54) is 6.07 Å². The lowest BCUT2D eigenvalue weighted by atomic mass is 10.0. The molecule has 16 heavy (non-hydrogen) atoms. The van der Waals surface area contributed by atoms with E-state index in [-0.39, 0.29) is 17.3 Å². The Morgan fingerprint density at radius 2 is 2.06 bits per heavy atom. The van der Waals surface area contributed by atoms with Gasteiger partial charge in [-0.1, -0.05) is 0 Å². The van der Waals surface area contributed by atoms with Crippen LogP contribution >= 0.6 is 0 Å². The highest BCUT2D eigenvalue weighted by Gasteiger charge is 2.22. The van der Waals surface area contributed by atoms with Crippen LogP contribution in [0.15, 0.2) is 17.1 Å². The lowest BCUT2D eigenvalue weighted by Crippen LogP contribution is -2.24. The first-order valence-electron chi connectivity index (χ1n) is 4.78. The average Bonchev–Trinajstić information content (AvgIpc) is 2.23. The summed E-state index contributed by atoms with van der Waals surface area (Å²) in [6.07, 6.45) is 0.445. The van der Waals surface area contributed by atoms with Gasteiger partial charge in [0.15, 0.2) is 11.6 Å². The summed E-state index contributed by atoms with van der Waals surface area (Å²) < 4.78 is 31.5. The molecule has 1 atom stereocenters. The number of anilines is 1. The van der Waals surface area contributed by atoms with Gasteiger partial charge in [0.1, 0.15) is 0 Å². The summed E-state index contributed by atoms with van der Waals surface area (Å²) >= 11 is 0. The van der Waals surface area contributed by atoms with Gasteiger partial charge in [0.2, 0.25) is 0 Å². The van der Waals surface area contributed by atoms with Crippen molar-refractivity contribution in [1.82, 2.24) is 0 Å². The Hall–Kier alpha value is -1.85. The summed E-state index contributed by atoms with van der Waals surface area (Å²) in [4.78, 5) is 3.91. The van der Waals surface area contributed by atoms with Gasteiger partial charge in [-0.25, -0.2) is 13.8 Å². The molecule has 1 heterocycles. The monoisotopic (exact) mass is 227 g/mol. The van der Waals surface area contributed by atoms with E-state index in [1.807, 2.05) is 0 Å². The maximum absolute atomic E-state index is 13.5. The molecule has 4 N–H and O–H groups in total. The Morgan fingerprint density at radius 1 is 1.31 bits per heavy atom. The van der Waals surface area contributed by atoms with Crippen molar-refractivity contribution in [3.05, 3.63) is 29.3 Å². The molecule has 0 amide bonds. The SMILES string of the molecule is NC1=NC(c2cc(N)cc(F)c2F)CCO1. The second-order valence-corrected chi connectivity index (χ2v) is 3.53. The quantitative estimate of drug-likeness (QED) is 0.710. The Balaban J connectivity index is 2.43. The summed E-state index contributed by atoms with van der Waals surface area (Å²) in [5.74, 6) is -1.91. The Labute approximate surface area is 90.9 Å². The van der Waals surface area contributed by atoms with Crippen LogP contribution in [-0.2, 0) is 4.74 Å². The molecule has 0 saturated carbocycles. The largest absolute Gasteiger partial charge is 0.465 e.